The summed E-state index contributed by atoms with van der Waals surface area (Å²) in [5.41, 5.74) is 5.94. The summed E-state index contributed by atoms with van der Waals surface area (Å²) in [4.78, 5) is 16.1. The number of nitriles is 1. The summed E-state index contributed by atoms with van der Waals surface area (Å²) in [5, 5.41) is 9.82. The van der Waals surface area contributed by atoms with Crippen molar-refractivity contribution >= 4 is 18.4 Å². The van der Waals surface area contributed by atoms with Gasteiger partial charge in [-0.2, -0.15) is 5.26 Å². The van der Waals surface area contributed by atoms with E-state index >= 15 is 0 Å². The number of benzene rings is 1. The quantitative estimate of drug-likeness (QED) is 0.592. The molecule has 7 heteroatoms. The van der Waals surface area contributed by atoms with Crippen LogP contribution in [0.15, 0.2) is 42.7 Å². The van der Waals surface area contributed by atoms with Gasteiger partial charge < -0.3 is 9.64 Å². The maximum Gasteiger partial charge on any atom is 0.226 e. The summed E-state index contributed by atoms with van der Waals surface area (Å²) in [7, 11) is 0. The van der Waals surface area contributed by atoms with E-state index in [1.807, 2.05) is 50.4 Å². The largest absolute Gasteiger partial charge is 0.372 e. The van der Waals surface area contributed by atoms with E-state index in [0.717, 1.165) is 46.7 Å². The number of morpholine rings is 1. The molecule has 0 radical (unpaired) electrons. The molecule has 31 heavy (non-hydrogen) atoms. The molecule has 0 aliphatic carbocycles. The van der Waals surface area contributed by atoms with E-state index in [9.17, 15) is 5.26 Å². The second-order valence-electron chi connectivity index (χ2n) is 7.89. The van der Waals surface area contributed by atoms with Crippen LogP contribution in [0.4, 0.5) is 5.95 Å². The Labute approximate surface area is 189 Å². The molecule has 1 fully saturated rings. The van der Waals surface area contributed by atoms with E-state index < -0.39 is 0 Å². The van der Waals surface area contributed by atoms with Crippen molar-refractivity contribution in [1.29, 1.82) is 5.26 Å². The average molecular weight is 436 g/mol. The van der Waals surface area contributed by atoms with Crippen molar-refractivity contribution in [3.63, 3.8) is 0 Å². The van der Waals surface area contributed by atoms with Crippen molar-refractivity contribution in [2.75, 3.05) is 18.0 Å². The third-order valence-electron chi connectivity index (χ3n) is 5.33. The highest BCUT2D eigenvalue weighted by Gasteiger charge is 2.25. The van der Waals surface area contributed by atoms with E-state index in [2.05, 4.69) is 29.8 Å². The van der Waals surface area contributed by atoms with E-state index in [1.165, 1.54) is 0 Å². The molecule has 1 aromatic carbocycles. The number of nitrogens with zero attached hydrogens (tertiary/aromatic N) is 5. The van der Waals surface area contributed by atoms with Gasteiger partial charge in [0.2, 0.25) is 5.95 Å². The molecular weight excluding hydrogens is 410 g/mol. The van der Waals surface area contributed by atoms with Gasteiger partial charge in [0, 0.05) is 42.3 Å². The second-order valence-corrected chi connectivity index (χ2v) is 7.89. The number of aryl methyl sites for hydroxylation is 2. The van der Waals surface area contributed by atoms with Gasteiger partial charge in [-0.05, 0) is 51.0 Å². The summed E-state index contributed by atoms with van der Waals surface area (Å²) < 4.78 is 5.86. The molecule has 0 unspecified atom stereocenters. The number of pyridine rings is 1. The molecule has 3 aromatic rings. The van der Waals surface area contributed by atoms with Crippen LogP contribution in [0.1, 0.15) is 30.7 Å². The summed E-state index contributed by atoms with van der Waals surface area (Å²) in [6, 6.07) is 12.2. The monoisotopic (exact) mass is 435 g/mol. The molecule has 0 bridgehead atoms. The number of anilines is 1. The van der Waals surface area contributed by atoms with Gasteiger partial charge >= 0.3 is 0 Å². The highest BCUT2D eigenvalue weighted by molar-refractivity contribution is 5.85. The van der Waals surface area contributed by atoms with Crippen LogP contribution in [0.2, 0.25) is 0 Å². The summed E-state index contributed by atoms with van der Waals surface area (Å²) in [6.45, 7) is 9.50. The van der Waals surface area contributed by atoms with Crippen LogP contribution in [-0.4, -0.2) is 40.2 Å². The summed E-state index contributed by atoms with van der Waals surface area (Å²) in [5.74, 6) is 0.659. The van der Waals surface area contributed by atoms with Gasteiger partial charge in [0.25, 0.3) is 0 Å². The Bertz CT molecular complexity index is 1120. The van der Waals surface area contributed by atoms with Crippen molar-refractivity contribution in [2.45, 2.75) is 39.9 Å². The van der Waals surface area contributed by atoms with Crippen molar-refractivity contribution in [3.05, 3.63) is 59.5 Å². The first-order chi connectivity index (χ1) is 14.5. The smallest absolute Gasteiger partial charge is 0.226 e. The first kappa shape index (κ1) is 22.7. The zero-order chi connectivity index (χ0) is 21.3. The fourth-order valence-corrected chi connectivity index (χ4v) is 4.01. The van der Waals surface area contributed by atoms with Gasteiger partial charge in [0.05, 0.1) is 23.5 Å². The van der Waals surface area contributed by atoms with Crippen molar-refractivity contribution in [1.82, 2.24) is 15.0 Å². The predicted octanol–water partition coefficient (Wildman–Crippen LogP) is 4.73. The Balaban J connectivity index is 0.00000272. The van der Waals surface area contributed by atoms with Crippen molar-refractivity contribution in [3.8, 4) is 28.5 Å². The van der Waals surface area contributed by atoms with Crippen LogP contribution < -0.4 is 4.90 Å². The molecule has 1 aliphatic rings. The van der Waals surface area contributed by atoms with Gasteiger partial charge in [-0.25, -0.2) is 9.97 Å². The minimum Gasteiger partial charge on any atom is -0.372 e. The minimum absolute atomic E-state index is 0. The predicted molar refractivity (Wildman–Crippen MR) is 124 cm³/mol. The van der Waals surface area contributed by atoms with Crippen LogP contribution in [-0.2, 0) is 4.74 Å². The van der Waals surface area contributed by atoms with E-state index in [4.69, 9.17) is 14.7 Å². The van der Waals surface area contributed by atoms with E-state index in [0.29, 0.717) is 11.5 Å². The third kappa shape index (κ3) is 4.68. The van der Waals surface area contributed by atoms with Gasteiger partial charge in [-0.15, -0.1) is 12.4 Å². The number of rotatable bonds is 3. The van der Waals surface area contributed by atoms with E-state index in [-0.39, 0.29) is 24.6 Å². The summed E-state index contributed by atoms with van der Waals surface area (Å²) >= 11 is 0. The van der Waals surface area contributed by atoms with Gasteiger partial charge in [-0.3, -0.25) is 4.98 Å². The fraction of sp³-hybridized carbons (Fsp3) is 0.333. The first-order valence-electron chi connectivity index (χ1n) is 10.2. The zero-order valence-corrected chi connectivity index (χ0v) is 19.0. The molecular formula is C24H26ClN5O. The van der Waals surface area contributed by atoms with Gasteiger partial charge in [0.1, 0.15) is 6.07 Å². The summed E-state index contributed by atoms with van der Waals surface area (Å²) in [6.07, 6.45) is 3.87. The number of hydrogen-bond acceptors (Lipinski definition) is 6. The lowest BCUT2D eigenvalue weighted by Gasteiger charge is -2.35. The Morgan fingerprint density at radius 2 is 1.81 bits per heavy atom. The Kier molecular flexibility index (Phi) is 6.89. The van der Waals surface area contributed by atoms with Gasteiger partial charge in [0.15, 0.2) is 0 Å². The zero-order valence-electron chi connectivity index (χ0n) is 18.2. The molecule has 0 spiro atoms. The highest BCUT2D eigenvalue weighted by atomic mass is 35.5. The average Bonchev–Trinajstić information content (AvgIpc) is 2.72. The molecule has 6 nitrogen and oxygen atoms in total. The van der Waals surface area contributed by atoms with Crippen LogP contribution in [0.3, 0.4) is 0 Å². The minimum atomic E-state index is 0. The molecule has 4 rings (SSSR count). The van der Waals surface area contributed by atoms with E-state index in [1.54, 1.807) is 6.20 Å². The fourth-order valence-electron chi connectivity index (χ4n) is 4.01. The molecule has 2 aromatic heterocycles. The van der Waals surface area contributed by atoms with Crippen molar-refractivity contribution in [2.24, 2.45) is 0 Å². The third-order valence-corrected chi connectivity index (χ3v) is 5.33. The molecule has 0 N–H and O–H groups in total. The Morgan fingerprint density at radius 1 is 1.06 bits per heavy atom. The van der Waals surface area contributed by atoms with Crippen LogP contribution in [0.25, 0.3) is 22.4 Å². The SMILES string of the molecule is Cc1cc(-c2cnc(N3C[C@@H](C)O[C@@H](C)C3)nc2-c2cccc(C)c2C#N)ccn1.Cl. The number of halogens is 1. The Hall–Kier alpha value is -3.01. The lowest BCUT2D eigenvalue weighted by molar-refractivity contribution is -0.00571. The lowest BCUT2D eigenvalue weighted by atomic mass is 9.95. The standard InChI is InChI=1S/C24H25N5O.ClH/c1-15-6-5-7-20(21(15)11-25)23-22(19-8-9-26-16(2)10-19)12-27-24(28-23)29-13-17(3)30-18(4)14-29;/h5-10,12,17-18H,13-14H2,1-4H3;1H/t17-,18+;. The van der Waals surface area contributed by atoms with Crippen LogP contribution in [0.5, 0.6) is 0 Å². The second kappa shape index (κ2) is 9.42. The van der Waals surface area contributed by atoms with Crippen LogP contribution >= 0.6 is 12.4 Å². The van der Waals surface area contributed by atoms with Gasteiger partial charge in [-0.1, -0.05) is 18.2 Å². The lowest BCUT2D eigenvalue weighted by Crippen LogP contribution is -2.46. The molecule has 3 heterocycles. The number of ether oxygens (including phenoxy) is 1. The normalized spacial score (nSPS) is 18.2. The van der Waals surface area contributed by atoms with Crippen LogP contribution in [0, 0.1) is 25.2 Å². The number of aromatic nitrogens is 3. The molecule has 0 saturated carbocycles. The first-order valence-corrected chi connectivity index (χ1v) is 10.2. The molecule has 2 atom stereocenters. The highest BCUT2D eigenvalue weighted by Crippen LogP contribution is 2.34. The molecule has 1 aliphatic heterocycles. The maximum absolute atomic E-state index is 9.82. The van der Waals surface area contributed by atoms with Crippen molar-refractivity contribution < 1.29 is 4.74 Å². The maximum atomic E-state index is 9.82. The topological polar surface area (TPSA) is 74.9 Å². The molecule has 1 saturated heterocycles. The Morgan fingerprint density at radius 3 is 2.48 bits per heavy atom. The molecule has 0 amide bonds. The molecule has 160 valence electrons. The number of hydrogen-bond donors (Lipinski definition) is 0.